The minimum atomic E-state index is -0.730. The second kappa shape index (κ2) is 13.5. The molecule has 0 fully saturated rings. The molecular weight excluding hydrogens is 414 g/mol. The Balaban J connectivity index is 1.89. The summed E-state index contributed by atoms with van der Waals surface area (Å²) in [5.41, 5.74) is 4.70. The van der Waals surface area contributed by atoms with Crippen molar-refractivity contribution in [3.05, 3.63) is 22.3 Å². The molecule has 0 spiro atoms. The molecule has 1 aliphatic rings. The summed E-state index contributed by atoms with van der Waals surface area (Å²) in [6.45, 7) is 9.27. The maximum Gasteiger partial charge on any atom is 0.303 e. The molecule has 0 saturated carbocycles. The van der Waals surface area contributed by atoms with E-state index in [0.29, 0.717) is 19.4 Å². The zero-order chi connectivity index (χ0) is 24.3. The monoisotopic (exact) mass is 457 g/mol. The summed E-state index contributed by atoms with van der Waals surface area (Å²) in [5.74, 6) is 1.31. The van der Waals surface area contributed by atoms with E-state index in [4.69, 9.17) is 19.8 Å². The number of hydrogen-bond acceptors (Lipinski definition) is 4. The fourth-order valence-electron chi connectivity index (χ4n) is 4.81. The van der Waals surface area contributed by atoms with Crippen LogP contribution in [0.3, 0.4) is 0 Å². The zero-order valence-electron chi connectivity index (χ0n) is 21.2. The number of carbonyl (C=O) groups is 1. The summed E-state index contributed by atoms with van der Waals surface area (Å²) >= 11 is 0. The van der Waals surface area contributed by atoms with E-state index in [-0.39, 0.29) is 12.0 Å². The summed E-state index contributed by atoms with van der Waals surface area (Å²) in [6.07, 6.45) is 13.6. The van der Waals surface area contributed by atoms with Crippen molar-refractivity contribution < 1.29 is 19.4 Å². The lowest BCUT2D eigenvalue weighted by molar-refractivity contribution is -0.137. The van der Waals surface area contributed by atoms with Crippen LogP contribution in [0, 0.1) is 32.1 Å². The molecule has 1 atom stereocenters. The van der Waals surface area contributed by atoms with Gasteiger partial charge in [0.15, 0.2) is 0 Å². The lowest BCUT2D eigenvalue weighted by atomic mass is 9.84. The molecule has 33 heavy (non-hydrogen) atoms. The standard InChI is InChI=1S/C28H43NO4/c1-21-22(2)27-24(23(3)26(21)32-20-14-10-11-15-25(30)31)16-18-28(4,33-27)17-12-8-6-5-7-9-13-19-29/h5-18,20H2,1-4H3,(H,30,31). The Bertz CT molecular complexity index is 826. The van der Waals surface area contributed by atoms with Gasteiger partial charge in [0.1, 0.15) is 17.1 Å². The number of hydrogen-bond donors (Lipinski definition) is 1. The molecule has 0 amide bonds. The number of aliphatic carboxylic acids is 1. The average molecular weight is 458 g/mol. The Morgan fingerprint density at radius 2 is 1.67 bits per heavy atom. The Morgan fingerprint density at radius 3 is 2.36 bits per heavy atom. The zero-order valence-corrected chi connectivity index (χ0v) is 21.2. The van der Waals surface area contributed by atoms with Crippen LogP contribution >= 0.6 is 0 Å². The van der Waals surface area contributed by atoms with Crippen molar-refractivity contribution in [2.75, 3.05) is 6.61 Å². The number of benzene rings is 1. The van der Waals surface area contributed by atoms with Gasteiger partial charge in [-0.3, -0.25) is 4.79 Å². The SMILES string of the molecule is Cc1c(C)c2c(c(C)c1OCCCCCC(=O)O)CCC(C)(CCCCCCCCC#N)O2. The largest absolute Gasteiger partial charge is 0.493 e. The first-order valence-corrected chi connectivity index (χ1v) is 12.8. The molecule has 1 aromatic rings. The van der Waals surface area contributed by atoms with Crippen molar-refractivity contribution in [1.82, 2.24) is 0 Å². The fourth-order valence-corrected chi connectivity index (χ4v) is 4.81. The maximum absolute atomic E-state index is 10.6. The van der Waals surface area contributed by atoms with Crippen LogP contribution in [0.15, 0.2) is 0 Å². The highest BCUT2D eigenvalue weighted by Gasteiger charge is 2.34. The molecule has 1 aliphatic heterocycles. The Labute approximate surface area is 200 Å². The van der Waals surface area contributed by atoms with Gasteiger partial charge in [0.05, 0.1) is 12.7 Å². The number of unbranched alkanes of at least 4 members (excludes halogenated alkanes) is 8. The first-order valence-electron chi connectivity index (χ1n) is 12.8. The van der Waals surface area contributed by atoms with Gasteiger partial charge < -0.3 is 14.6 Å². The highest BCUT2D eigenvalue weighted by Crippen LogP contribution is 2.45. The third-order valence-corrected chi connectivity index (χ3v) is 7.09. The Morgan fingerprint density at radius 1 is 1.00 bits per heavy atom. The number of ether oxygens (including phenoxy) is 2. The molecule has 1 heterocycles. The van der Waals surface area contributed by atoms with E-state index >= 15 is 0 Å². The van der Waals surface area contributed by atoms with Crippen LogP contribution in [0.1, 0.15) is 113 Å². The van der Waals surface area contributed by atoms with Crippen molar-refractivity contribution >= 4 is 5.97 Å². The predicted molar refractivity (Wildman–Crippen MR) is 132 cm³/mol. The molecule has 0 saturated heterocycles. The van der Waals surface area contributed by atoms with Crippen molar-refractivity contribution in [2.24, 2.45) is 0 Å². The smallest absolute Gasteiger partial charge is 0.303 e. The number of carboxylic acid groups (broad SMARTS) is 1. The summed E-state index contributed by atoms with van der Waals surface area (Å²) in [6, 6.07) is 2.22. The van der Waals surface area contributed by atoms with Crippen LogP contribution in [0.25, 0.3) is 0 Å². The van der Waals surface area contributed by atoms with Crippen LogP contribution in [-0.4, -0.2) is 23.3 Å². The lowest BCUT2D eigenvalue weighted by Crippen LogP contribution is -2.37. The van der Waals surface area contributed by atoms with Crippen LogP contribution in [0.2, 0.25) is 0 Å². The summed E-state index contributed by atoms with van der Waals surface area (Å²) < 4.78 is 12.8. The van der Waals surface area contributed by atoms with Gasteiger partial charge in [0.2, 0.25) is 0 Å². The molecule has 0 aliphatic carbocycles. The van der Waals surface area contributed by atoms with Crippen molar-refractivity contribution in [3.8, 4) is 17.6 Å². The number of fused-ring (bicyclic) bond motifs is 1. The maximum atomic E-state index is 10.6. The molecule has 184 valence electrons. The third kappa shape index (κ3) is 8.25. The Kier molecular flexibility index (Phi) is 11.0. The van der Waals surface area contributed by atoms with Crippen LogP contribution < -0.4 is 9.47 Å². The fraction of sp³-hybridized carbons (Fsp3) is 0.714. The van der Waals surface area contributed by atoms with E-state index in [2.05, 4.69) is 33.8 Å². The number of carboxylic acids is 1. The second-order valence-electron chi connectivity index (χ2n) is 9.90. The van der Waals surface area contributed by atoms with E-state index < -0.39 is 5.97 Å². The van der Waals surface area contributed by atoms with Gasteiger partial charge in [-0.05, 0) is 95.8 Å². The number of nitriles is 1. The van der Waals surface area contributed by atoms with Gasteiger partial charge in [-0.25, -0.2) is 0 Å². The number of nitrogens with zero attached hydrogens (tertiary/aromatic N) is 1. The van der Waals surface area contributed by atoms with Gasteiger partial charge in [-0.1, -0.05) is 25.7 Å². The minimum Gasteiger partial charge on any atom is -0.493 e. The van der Waals surface area contributed by atoms with E-state index in [9.17, 15) is 4.79 Å². The van der Waals surface area contributed by atoms with Crippen LogP contribution in [-0.2, 0) is 11.2 Å². The molecule has 5 heteroatoms. The predicted octanol–water partition coefficient (Wildman–Crippen LogP) is 7.36. The highest BCUT2D eigenvalue weighted by atomic mass is 16.5. The van der Waals surface area contributed by atoms with Gasteiger partial charge in [-0.2, -0.15) is 5.26 Å². The lowest BCUT2D eigenvalue weighted by Gasteiger charge is -2.38. The summed E-state index contributed by atoms with van der Waals surface area (Å²) in [5, 5.41) is 17.4. The molecule has 1 aromatic carbocycles. The Hall–Kier alpha value is -2.22. The van der Waals surface area contributed by atoms with Crippen LogP contribution in [0.4, 0.5) is 0 Å². The molecule has 0 aromatic heterocycles. The van der Waals surface area contributed by atoms with E-state index in [0.717, 1.165) is 55.6 Å². The van der Waals surface area contributed by atoms with Gasteiger partial charge >= 0.3 is 5.97 Å². The van der Waals surface area contributed by atoms with E-state index in [1.807, 2.05) is 0 Å². The minimum absolute atomic E-state index is 0.107. The van der Waals surface area contributed by atoms with Crippen molar-refractivity contribution in [3.63, 3.8) is 0 Å². The van der Waals surface area contributed by atoms with Gasteiger partial charge in [-0.15, -0.1) is 0 Å². The molecule has 0 radical (unpaired) electrons. The van der Waals surface area contributed by atoms with Crippen molar-refractivity contribution in [2.45, 2.75) is 123 Å². The second-order valence-corrected chi connectivity index (χ2v) is 9.90. The van der Waals surface area contributed by atoms with Crippen LogP contribution in [0.5, 0.6) is 11.5 Å². The molecule has 2 rings (SSSR count). The first kappa shape index (κ1) is 27.0. The highest BCUT2D eigenvalue weighted by molar-refractivity contribution is 5.66. The summed E-state index contributed by atoms with van der Waals surface area (Å²) in [4.78, 5) is 10.6. The molecule has 0 bridgehead atoms. The summed E-state index contributed by atoms with van der Waals surface area (Å²) in [7, 11) is 0. The molecule has 1 N–H and O–H groups in total. The first-order chi connectivity index (χ1) is 15.8. The molecular formula is C28H43NO4. The third-order valence-electron chi connectivity index (χ3n) is 7.09. The van der Waals surface area contributed by atoms with Crippen molar-refractivity contribution in [1.29, 1.82) is 5.26 Å². The quantitative estimate of drug-likeness (QED) is 0.278. The van der Waals surface area contributed by atoms with E-state index in [1.165, 1.54) is 48.8 Å². The normalized spacial score (nSPS) is 17.2. The van der Waals surface area contributed by atoms with Gasteiger partial charge in [0, 0.05) is 18.4 Å². The number of rotatable bonds is 15. The molecule has 5 nitrogen and oxygen atoms in total. The average Bonchev–Trinajstić information content (AvgIpc) is 2.78. The van der Waals surface area contributed by atoms with Gasteiger partial charge in [0.25, 0.3) is 0 Å². The van der Waals surface area contributed by atoms with E-state index in [1.54, 1.807) is 0 Å². The topological polar surface area (TPSA) is 79.5 Å². The molecule has 1 unspecified atom stereocenters.